The van der Waals surface area contributed by atoms with Crippen LogP contribution < -0.4 is 16.7 Å². The molecular weight excluding hydrogens is 546 g/mol. The van der Waals surface area contributed by atoms with Gasteiger partial charge in [0.05, 0.1) is 0 Å². The van der Waals surface area contributed by atoms with Crippen LogP contribution >= 0.6 is 0 Å². The molecule has 6 aromatic rings. The van der Waals surface area contributed by atoms with Crippen LogP contribution in [-0.2, 0) is 6.42 Å². The molecule has 44 heavy (non-hydrogen) atoms. The number of rotatable bonds is 4. The molecule has 0 radical (unpaired) electrons. The largest absolute Gasteiger partial charge is 0.284 e. The number of aryl methyl sites for hydroxylation is 4. The molecular formula is C38H37N3O3. The maximum atomic E-state index is 12.0. The average molecular weight is 584 g/mol. The van der Waals surface area contributed by atoms with Gasteiger partial charge in [-0.15, -0.1) is 0 Å². The Labute approximate surface area is 257 Å². The summed E-state index contributed by atoms with van der Waals surface area (Å²) >= 11 is 0. The van der Waals surface area contributed by atoms with Crippen molar-refractivity contribution in [3.05, 3.63) is 193 Å². The number of aromatic nitrogens is 3. The lowest BCUT2D eigenvalue weighted by atomic mass is 10.2. The molecule has 0 saturated carbocycles. The second-order valence-corrected chi connectivity index (χ2v) is 10.2. The summed E-state index contributed by atoms with van der Waals surface area (Å²) in [7, 11) is 0. The summed E-state index contributed by atoms with van der Waals surface area (Å²) in [6, 6.07) is 41.9. The minimum absolute atomic E-state index is 0.0104. The Bertz CT molecular complexity index is 1970. The Morgan fingerprint density at radius 2 is 1.00 bits per heavy atom. The molecule has 0 bridgehead atoms. The van der Waals surface area contributed by atoms with Crippen molar-refractivity contribution in [2.24, 2.45) is 0 Å². The highest BCUT2D eigenvalue weighted by molar-refractivity contribution is 5.36. The van der Waals surface area contributed by atoms with E-state index in [0.717, 1.165) is 46.0 Å². The molecule has 0 aliphatic heterocycles. The second-order valence-electron chi connectivity index (χ2n) is 10.2. The number of pyridine rings is 3. The minimum atomic E-state index is 0.0104. The third-order valence-corrected chi connectivity index (χ3v) is 7.09. The van der Waals surface area contributed by atoms with Crippen LogP contribution in [0, 0.1) is 20.8 Å². The lowest BCUT2D eigenvalue weighted by Gasteiger charge is -2.10. The van der Waals surface area contributed by atoms with Gasteiger partial charge in [-0.1, -0.05) is 79.7 Å². The van der Waals surface area contributed by atoms with Gasteiger partial charge < -0.3 is 0 Å². The van der Waals surface area contributed by atoms with Crippen molar-refractivity contribution in [1.29, 1.82) is 0 Å². The molecule has 0 amide bonds. The molecule has 0 atom stereocenters. The average Bonchev–Trinajstić information content (AvgIpc) is 3.05. The zero-order valence-corrected chi connectivity index (χ0v) is 25.6. The van der Waals surface area contributed by atoms with E-state index in [1.807, 2.05) is 149 Å². The Kier molecular flexibility index (Phi) is 10.8. The van der Waals surface area contributed by atoms with E-state index in [2.05, 4.69) is 0 Å². The first-order valence-electron chi connectivity index (χ1n) is 14.6. The van der Waals surface area contributed by atoms with E-state index in [1.165, 1.54) is 0 Å². The third-order valence-electron chi connectivity index (χ3n) is 7.09. The van der Waals surface area contributed by atoms with Crippen molar-refractivity contribution in [3.8, 4) is 17.1 Å². The van der Waals surface area contributed by atoms with Crippen LogP contribution in [0.25, 0.3) is 17.1 Å². The van der Waals surface area contributed by atoms with Gasteiger partial charge in [0.25, 0.3) is 16.7 Å². The summed E-state index contributed by atoms with van der Waals surface area (Å²) in [5.74, 6) is 0. The molecule has 0 N–H and O–H groups in total. The number of nitrogens with zero attached hydrogens (tertiary/aromatic N) is 3. The van der Waals surface area contributed by atoms with Gasteiger partial charge in [-0.25, -0.2) is 0 Å². The molecule has 6 rings (SSSR count). The van der Waals surface area contributed by atoms with E-state index < -0.39 is 0 Å². The number of hydrogen-bond donors (Lipinski definition) is 0. The second kappa shape index (κ2) is 15.1. The summed E-state index contributed by atoms with van der Waals surface area (Å²) in [4.78, 5) is 35.5. The monoisotopic (exact) mass is 583 g/mol. The summed E-state index contributed by atoms with van der Waals surface area (Å²) < 4.78 is 5.11. The van der Waals surface area contributed by atoms with E-state index in [4.69, 9.17) is 0 Å². The normalized spacial score (nSPS) is 10.2. The van der Waals surface area contributed by atoms with Crippen molar-refractivity contribution in [2.45, 2.75) is 34.1 Å². The third kappa shape index (κ3) is 7.66. The predicted octanol–water partition coefficient (Wildman–Crippen LogP) is 7.00. The van der Waals surface area contributed by atoms with Crippen LogP contribution in [0.5, 0.6) is 0 Å². The number of benzene rings is 3. The van der Waals surface area contributed by atoms with E-state index in [-0.39, 0.29) is 16.7 Å². The van der Waals surface area contributed by atoms with Crippen molar-refractivity contribution < 1.29 is 0 Å². The molecule has 0 aliphatic rings. The van der Waals surface area contributed by atoms with Gasteiger partial charge in [-0.2, -0.15) is 0 Å². The maximum Gasteiger partial charge on any atom is 0.258 e. The van der Waals surface area contributed by atoms with Gasteiger partial charge in [0.1, 0.15) is 0 Å². The Morgan fingerprint density at radius 1 is 0.477 bits per heavy atom. The van der Waals surface area contributed by atoms with E-state index >= 15 is 0 Å². The lowest BCUT2D eigenvalue weighted by Crippen LogP contribution is -2.22. The van der Waals surface area contributed by atoms with Crippen LogP contribution in [0.1, 0.15) is 29.4 Å². The zero-order valence-electron chi connectivity index (χ0n) is 25.6. The van der Waals surface area contributed by atoms with Crippen molar-refractivity contribution >= 4 is 0 Å². The smallest absolute Gasteiger partial charge is 0.258 e. The van der Waals surface area contributed by atoms with Gasteiger partial charge >= 0.3 is 0 Å². The van der Waals surface area contributed by atoms with Crippen LogP contribution in [-0.4, -0.2) is 13.7 Å². The van der Waals surface area contributed by atoms with Crippen LogP contribution in [0.15, 0.2) is 154 Å². The number of para-hydroxylation sites is 3. The van der Waals surface area contributed by atoms with Gasteiger partial charge in [-0.05, 0) is 81.8 Å². The van der Waals surface area contributed by atoms with Crippen molar-refractivity contribution in [1.82, 2.24) is 13.7 Å². The molecule has 3 heterocycles. The van der Waals surface area contributed by atoms with Crippen LogP contribution in [0.4, 0.5) is 0 Å². The van der Waals surface area contributed by atoms with Gasteiger partial charge in [0.2, 0.25) is 0 Å². The maximum absolute atomic E-state index is 12.0. The fourth-order valence-corrected chi connectivity index (χ4v) is 4.73. The standard InChI is InChI=1S/2C13H13NO.C12H11NO/c1-10-8-9-11(2)14(13(10)15)12-6-4-3-5-7-12;1-2-11-7-6-10-14(13(11)15)12-8-4-3-5-9-12;1-10-6-5-9-12(14)13(10)11-7-3-2-4-8-11/h3-9H,1-2H3;3-10H,2H2,1H3;2-9H,1H3. The molecule has 0 fully saturated rings. The number of hydrogen-bond acceptors (Lipinski definition) is 3. The molecule has 0 saturated heterocycles. The van der Waals surface area contributed by atoms with E-state index in [9.17, 15) is 14.4 Å². The Balaban J connectivity index is 0.000000151. The summed E-state index contributed by atoms with van der Waals surface area (Å²) in [5.41, 5.74) is 6.41. The quantitative estimate of drug-likeness (QED) is 0.224. The molecule has 6 nitrogen and oxygen atoms in total. The first kappa shape index (κ1) is 31.4. The predicted molar refractivity (Wildman–Crippen MR) is 180 cm³/mol. The van der Waals surface area contributed by atoms with Crippen molar-refractivity contribution in [2.75, 3.05) is 0 Å². The van der Waals surface area contributed by atoms with Crippen LogP contribution in [0.3, 0.4) is 0 Å². The SMILES string of the molecule is CCc1cccn(-c2ccccc2)c1=O.Cc1ccc(C)n(-c2ccccc2)c1=O.Cc1cccc(=O)n1-c1ccccc1. The molecule has 3 aromatic heterocycles. The Hall–Kier alpha value is -5.49. The highest BCUT2D eigenvalue weighted by atomic mass is 16.1. The topological polar surface area (TPSA) is 66.0 Å². The first-order valence-corrected chi connectivity index (χ1v) is 14.6. The first-order chi connectivity index (χ1) is 21.3. The summed E-state index contributed by atoms with van der Waals surface area (Å²) in [6.07, 6.45) is 2.57. The summed E-state index contributed by atoms with van der Waals surface area (Å²) in [5, 5.41) is 0. The van der Waals surface area contributed by atoms with E-state index in [0.29, 0.717) is 0 Å². The fourth-order valence-electron chi connectivity index (χ4n) is 4.73. The molecule has 0 spiro atoms. The molecule has 6 heteroatoms. The van der Waals surface area contributed by atoms with Gasteiger partial charge in [0.15, 0.2) is 0 Å². The van der Waals surface area contributed by atoms with Crippen molar-refractivity contribution in [3.63, 3.8) is 0 Å². The highest BCUT2D eigenvalue weighted by Crippen LogP contribution is 2.09. The lowest BCUT2D eigenvalue weighted by molar-refractivity contribution is 0.919. The summed E-state index contributed by atoms with van der Waals surface area (Å²) in [6.45, 7) is 7.69. The zero-order chi connectivity index (χ0) is 31.5. The molecule has 222 valence electrons. The highest BCUT2D eigenvalue weighted by Gasteiger charge is 2.05. The van der Waals surface area contributed by atoms with Gasteiger partial charge in [-0.3, -0.25) is 28.1 Å². The molecule has 3 aromatic carbocycles. The van der Waals surface area contributed by atoms with E-state index in [1.54, 1.807) is 32.0 Å². The minimum Gasteiger partial charge on any atom is -0.284 e. The van der Waals surface area contributed by atoms with Crippen LogP contribution in [0.2, 0.25) is 0 Å². The Morgan fingerprint density at radius 3 is 1.55 bits per heavy atom. The fraction of sp³-hybridized carbons (Fsp3) is 0.132. The molecule has 0 aliphatic carbocycles. The van der Waals surface area contributed by atoms with Gasteiger partial charge in [0, 0.05) is 51.8 Å². The molecule has 0 unspecified atom stereocenters.